The number of benzene rings is 2. The van der Waals surface area contributed by atoms with Gasteiger partial charge in [0, 0.05) is 23.9 Å². The molecular formula is C29H32FN3O2S2. The van der Waals surface area contributed by atoms with E-state index in [2.05, 4.69) is 6.92 Å². The Balaban J connectivity index is 1.64. The second kappa shape index (κ2) is 13.0. The van der Waals surface area contributed by atoms with Gasteiger partial charge in [0.1, 0.15) is 10.0 Å². The Morgan fingerprint density at radius 2 is 1.84 bits per heavy atom. The summed E-state index contributed by atoms with van der Waals surface area (Å²) in [5.74, 6) is -0.312. The molecule has 194 valence electrons. The van der Waals surface area contributed by atoms with Gasteiger partial charge in [0.15, 0.2) is 11.6 Å². The molecule has 0 unspecified atom stereocenters. The second-order valence-corrected chi connectivity index (χ2v) is 10.6. The van der Waals surface area contributed by atoms with Crippen LogP contribution in [0.4, 0.5) is 4.39 Å². The Morgan fingerprint density at radius 3 is 2.57 bits per heavy atom. The van der Waals surface area contributed by atoms with E-state index < -0.39 is 5.82 Å². The lowest BCUT2D eigenvalue weighted by Gasteiger charge is -2.13. The SMILES string of the molecule is CCCCCCCN1C(=O)/C(=C/c2cn(-c3ccccc3)nc2-c2ccc(OCCC)c(F)c2)SC1=S. The van der Waals surface area contributed by atoms with E-state index in [9.17, 15) is 9.18 Å². The van der Waals surface area contributed by atoms with E-state index in [1.807, 2.05) is 49.5 Å². The number of thioether (sulfide) groups is 1. The fourth-order valence-electron chi connectivity index (χ4n) is 4.11. The number of aromatic nitrogens is 2. The van der Waals surface area contributed by atoms with Gasteiger partial charge in [0.05, 0.1) is 17.2 Å². The first-order chi connectivity index (χ1) is 18.0. The molecule has 3 aromatic rings. The normalized spacial score (nSPS) is 14.7. The first-order valence-corrected chi connectivity index (χ1v) is 14.1. The number of thiocarbonyl (C=S) groups is 1. The lowest BCUT2D eigenvalue weighted by atomic mass is 10.1. The van der Waals surface area contributed by atoms with E-state index in [-0.39, 0.29) is 11.7 Å². The Kier molecular flexibility index (Phi) is 9.52. The summed E-state index contributed by atoms with van der Waals surface area (Å²) >= 11 is 6.84. The molecule has 0 aliphatic carbocycles. The Bertz CT molecular complexity index is 1270. The average Bonchev–Trinajstić information content (AvgIpc) is 3.44. The van der Waals surface area contributed by atoms with Crippen LogP contribution < -0.4 is 4.74 Å². The van der Waals surface area contributed by atoms with Crippen molar-refractivity contribution in [3.63, 3.8) is 0 Å². The minimum absolute atomic E-state index is 0.0848. The number of ether oxygens (including phenoxy) is 1. The maximum absolute atomic E-state index is 14.8. The largest absolute Gasteiger partial charge is 0.491 e. The van der Waals surface area contributed by atoms with Gasteiger partial charge in [-0.3, -0.25) is 9.69 Å². The lowest BCUT2D eigenvalue weighted by Crippen LogP contribution is -2.29. The molecular weight excluding hydrogens is 505 g/mol. The molecule has 0 spiro atoms. The van der Waals surface area contributed by atoms with Gasteiger partial charge in [-0.1, -0.05) is 81.7 Å². The smallest absolute Gasteiger partial charge is 0.266 e. The van der Waals surface area contributed by atoms with E-state index >= 15 is 0 Å². The highest BCUT2D eigenvalue weighted by atomic mass is 32.2. The zero-order chi connectivity index (χ0) is 26.2. The summed E-state index contributed by atoms with van der Waals surface area (Å²) in [6.07, 6.45) is 10.1. The third kappa shape index (κ3) is 6.67. The standard InChI is InChI=1S/C29H32FN3O2S2/c1-3-5-6-7-11-16-32-28(34)26(37-29(32)36)19-22-20-33(23-12-9-8-10-13-23)31-27(22)21-14-15-25(24(30)18-21)35-17-4-2/h8-10,12-15,18-20H,3-7,11,16-17H2,1-2H3/b26-19-. The topological polar surface area (TPSA) is 47.4 Å². The summed E-state index contributed by atoms with van der Waals surface area (Å²) in [6.45, 7) is 5.24. The molecule has 2 heterocycles. The maximum Gasteiger partial charge on any atom is 0.266 e. The number of para-hydroxylation sites is 1. The minimum Gasteiger partial charge on any atom is -0.491 e. The summed E-state index contributed by atoms with van der Waals surface area (Å²) in [5, 5.41) is 4.76. The van der Waals surface area contributed by atoms with Crippen molar-refractivity contribution in [3.8, 4) is 22.7 Å². The van der Waals surface area contributed by atoms with E-state index in [1.54, 1.807) is 21.7 Å². The summed E-state index contributed by atoms with van der Waals surface area (Å²) in [7, 11) is 0. The molecule has 0 bridgehead atoms. The van der Waals surface area contributed by atoms with Crippen molar-refractivity contribution >= 4 is 40.3 Å². The predicted octanol–water partition coefficient (Wildman–Crippen LogP) is 7.64. The molecule has 0 radical (unpaired) electrons. The van der Waals surface area contributed by atoms with Crippen LogP contribution in [0.25, 0.3) is 23.0 Å². The molecule has 1 aliphatic heterocycles. The fourth-order valence-corrected chi connectivity index (χ4v) is 5.41. The van der Waals surface area contributed by atoms with Crippen molar-refractivity contribution in [2.75, 3.05) is 13.2 Å². The molecule has 4 rings (SSSR count). The number of rotatable bonds is 12. The van der Waals surface area contributed by atoms with E-state index in [1.165, 1.54) is 37.1 Å². The van der Waals surface area contributed by atoms with Gasteiger partial charge in [0.2, 0.25) is 0 Å². The van der Waals surface area contributed by atoms with Crippen LogP contribution in [-0.2, 0) is 4.79 Å². The molecule has 0 saturated carbocycles. The monoisotopic (exact) mass is 537 g/mol. The lowest BCUT2D eigenvalue weighted by molar-refractivity contribution is -0.122. The molecule has 2 aromatic carbocycles. The Labute approximate surface area is 227 Å². The number of halogens is 1. The molecule has 0 atom stereocenters. The molecule has 0 N–H and O–H groups in total. The molecule has 1 amide bonds. The zero-order valence-corrected chi connectivity index (χ0v) is 22.9. The highest BCUT2D eigenvalue weighted by Crippen LogP contribution is 2.36. The van der Waals surface area contributed by atoms with Crippen LogP contribution in [0.3, 0.4) is 0 Å². The maximum atomic E-state index is 14.8. The van der Waals surface area contributed by atoms with Crippen molar-refractivity contribution in [2.45, 2.75) is 52.4 Å². The van der Waals surface area contributed by atoms with Gasteiger partial charge >= 0.3 is 0 Å². The second-order valence-electron chi connectivity index (χ2n) is 8.95. The van der Waals surface area contributed by atoms with Crippen LogP contribution in [0.1, 0.15) is 57.9 Å². The highest BCUT2D eigenvalue weighted by molar-refractivity contribution is 8.26. The minimum atomic E-state index is -0.444. The number of hydrogen-bond donors (Lipinski definition) is 0. The Hall–Kier alpha value is -2.97. The van der Waals surface area contributed by atoms with Gasteiger partial charge < -0.3 is 4.74 Å². The summed E-state index contributed by atoms with van der Waals surface area (Å²) in [4.78, 5) is 15.5. The highest BCUT2D eigenvalue weighted by Gasteiger charge is 2.32. The van der Waals surface area contributed by atoms with E-state index in [0.29, 0.717) is 39.2 Å². The van der Waals surface area contributed by atoms with Crippen LogP contribution in [0.5, 0.6) is 5.75 Å². The molecule has 8 heteroatoms. The predicted molar refractivity (Wildman–Crippen MR) is 153 cm³/mol. The van der Waals surface area contributed by atoms with Crippen molar-refractivity contribution < 1.29 is 13.9 Å². The van der Waals surface area contributed by atoms with E-state index in [0.717, 1.165) is 24.9 Å². The molecule has 1 aromatic heterocycles. The van der Waals surface area contributed by atoms with Gasteiger partial charge in [-0.2, -0.15) is 5.10 Å². The van der Waals surface area contributed by atoms with Gasteiger partial charge in [0.25, 0.3) is 5.91 Å². The van der Waals surface area contributed by atoms with Crippen molar-refractivity contribution in [2.24, 2.45) is 0 Å². The number of nitrogens with zero attached hydrogens (tertiary/aromatic N) is 3. The van der Waals surface area contributed by atoms with E-state index in [4.69, 9.17) is 22.1 Å². The molecule has 1 fully saturated rings. The first kappa shape index (κ1) is 27.1. The number of amides is 1. The quantitative estimate of drug-likeness (QED) is 0.135. The van der Waals surface area contributed by atoms with Crippen molar-refractivity contribution in [1.29, 1.82) is 0 Å². The third-order valence-corrected chi connectivity index (χ3v) is 7.45. The van der Waals surface area contributed by atoms with Crippen LogP contribution in [0.15, 0.2) is 59.6 Å². The molecule has 5 nitrogen and oxygen atoms in total. The number of unbranched alkanes of at least 4 members (excludes halogenated alkanes) is 4. The fraction of sp³-hybridized carbons (Fsp3) is 0.345. The number of hydrogen-bond acceptors (Lipinski definition) is 5. The number of carbonyl (C=O) groups is 1. The summed E-state index contributed by atoms with van der Waals surface area (Å²) in [5.41, 5.74) is 2.77. The molecule has 1 aliphatic rings. The zero-order valence-electron chi connectivity index (χ0n) is 21.3. The summed E-state index contributed by atoms with van der Waals surface area (Å²) < 4.78 is 22.7. The number of carbonyl (C=O) groups excluding carboxylic acids is 1. The van der Waals surface area contributed by atoms with Crippen LogP contribution in [0.2, 0.25) is 0 Å². The first-order valence-electron chi connectivity index (χ1n) is 12.8. The van der Waals surface area contributed by atoms with Crippen LogP contribution >= 0.6 is 24.0 Å². The average molecular weight is 538 g/mol. The van der Waals surface area contributed by atoms with Crippen molar-refractivity contribution in [1.82, 2.24) is 14.7 Å². The van der Waals surface area contributed by atoms with Gasteiger partial charge in [-0.15, -0.1) is 0 Å². The molecule has 1 saturated heterocycles. The summed E-state index contributed by atoms with van der Waals surface area (Å²) in [6, 6.07) is 14.5. The van der Waals surface area contributed by atoms with Crippen LogP contribution in [0, 0.1) is 5.82 Å². The van der Waals surface area contributed by atoms with Crippen molar-refractivity contribution in [3.05, 3.63) is 71.0 Å². The van der Waals surface area contributed by atoms with Crippen LogP contribution in [-0.4, -0.2) is 38.1 Å². The third-order valence-electron chi connectivity index (χ3n) is 6.08. The Morgan fingerprint density at radius 1 is 1.05 bits per heavy atom. The molecule has 37 heavy (non-hydrogen) atoms. The van der Waals surface area contributed by atoms with Gasteiger partial charge in [-0.25, -0.2) is 9.07 Å². The van der Waals surface area contributed by atoms with Gasteiger partial charge in [-0.05, 0) is 49.2 Å².